The zero-order chi connectivity index (χ0) is 47.7. The first kappa shape index (κ1) is 47.4. The molecule has 8 rings (SSSR count). The van der Waals surface area contributed by atoms with Crippen LogP contribution in [0.2, 0.25) is 10.0 Å². The Balaban J connectivity index is 1.27. The number of aliphatic hydroxyl groups excluding tert-OH is 2. The number of rotatable bonds is 10. The van der Waals surface area contributed by atoms with E-state index < -0.39 is 47.6 Å². The van der Waals surface area contributed by atoms with Gasteiger partial charge in [-0.15, -0.1) is 0 Å². The van der Waals surface area contributed by atoms with Crippen LogP contribution in [-0.4, -0.2) is 61.7 Å². The summed E-state index contributed by atoms with van der Waals surface area (Å²) < 4.78 is 15.0. The lowest BCUT2D eigenvalue weighted by Gasteiger charge is -2.24. The highest BCUT2D eigenvalue weighted by Crippen LogP contribution is 2.47. The maximum absolute atomic E-state index is 15.5. The lowest BCUT2D eigenvalue weighted by Crippen LogP contribution is -2.32. The number of ketones is 1. The molecule has 15 heteroatoms. The minimum atomic E-state index is -0.905. The molecule has 0 amide bonds. The fraction of sp³-hybridized carbons (Fsp3) is 0.392. The number of ether oxygens (including phenoxy) is 2. The van der Waals surface area contributed by atoms with Gasteiger partial charge in [0.15, 0.2) is 5.78 Å². The number of hydrogen-bond acceptors (Lipinski definition) is 11. The van der Waals surface area contributed by atoms with E-state index in [0.29, 0.717) is 65.8 Å². The molecule has 2 aromatic heterocycles. The van der Waals surface area contributed by atoms with Gasteiger partial charge in [-0.3, -0.25) is 15.4 Å². The highest BCUT2D eigenvalue weighted by Gasteiger charge is 2.42. The van der Waals surface area contributed by atoms with Crippen LogP contribution in [0.25, 0.3) is 44.3 Å². The number of benzene rings is 4. The maximum atomic E-state index is 15.5. The first-order valence-corrected chi connectivity index (χ1v) is 23.0. The molecule has 348 valence electrons. The van der Waals surface area contributed by atoms with Gasteiger partial charge in [-0.1, -0.05) is 61.3 Å². The van der Waals surface area contributed by atoms with E-state index in [-0.39, 0.29) is 43.9 Å². The SMILES string of the molecule is CC(CO)C(N)c1ccc2c(c1)cc(-c1ccc(Cl)c3c1C(C(=O)C1NCc4c(Cl)ccc(-c5cc6cc(C(N)C(C)CO)ccc6n5C(=O)OC(C)(C)C)c41)NC3)n2C(=O)OC(C)(C)C. The summed E-state index contributed by atoms with van der Waals surface area (Å²) in [6, 6.07) is 19.4. The number of aromatic nitrogens is 2. The lowest BCUT2D eigenvalue weighted by atomic mass is 9.87. The summed E-state index contributed by atoms with van der Waals surface area (Å²) in [7, 11) is 0. The molecular formula is C51H58Cl2N6O7. The van der Waals surface area contributed by atoms with Crippen molar-refractivity contribution >= 4 is 63.0 Å². The number of hydrogen-bond donors (Lipinski definition) is 6. The van der Waals surface area contributed by atoms with Crippen LogP contribution in [0.15, 0.2) is 72.8 Å². The topological polar surface area (TPSA) is 196 Å². The number of fused-ring (bicyclic) bond motifs is 4. The molecule has 4 aromatic carbocycles. The Morgan fingerprint density at radius 1 is 0.652 bits per heavy atom. The summed E-state index contributed by atoms with van der Waals surface area (Å²) in [4.78, 5) is 44.0. The van der Waals surface area contributed by atoms with Gasteiger partial charge in [0, 0.05) is 70.3 Å². The normalized spacial score (nSPS) is 18.0. The van der Waals surface area contributed by atoms with Gasteiger partial charge < -0.3 is 31.2 Å². The summed E-state index contributed by atoms with van der Waals surface area (Å²) in [5.41, 5.74) is 19.1. The third kappa shape index (κ3) is 8.67. The quantitative estimate of drug-likeness (QED) is 0.0765. The standard InChI is InChI=1S/C51H58Cl2N6O7/c1-25(23-60)43(54)27-9-15-37-29(17-27)19-39(58(37)48(63)65-50(3,4)5)31-11-13-35(52)33-21-56-45(41(31)33)47(62)46-42-32(12-14-36(53)34(42)22-57-46)40-20-30-18-28(44(55)26(2)24-61)10-16-38(30)59(40)49(64)66-51(6,7)8/h9-20,25-26,43-46,56-57,60-61H,21-24,54-55H2,1-8H3. The van der Waals surface area contributed by atoms with Crippen molar-refractivity contribution < 1.29 is 34.1 Å². The van der Waals surface area contributed by atoms with Crippen LogP contribution in [0.4, 0.5) is 9.59 Å². The molecule has 0 aliphatic carbocycles. The van der Waals surface area contributed by atoms with Crippen molar-refractivity contribution in [3.63, 3.8) is 0 Å². The average Bonchev–Trinajstić information content (AvgIpc) is 4.07. The van der Waals surface area contributed by atoms with Gasteiger partial charge in [0.1, 0.15) is 11.2 Å². The lowest BCUT2D eigenvalue weighted by molar-refractivity contribution is -0.123. The van der Waals surface area contributed by atoms with E-state index in [1.165, 1.54) is 9.13 Å². The summed E-state index contributed by atoms with van der Waals surface area (Å²) in [5.74, 6) is -0.650. The Bertz CT molecular complexity index is 2720. The minimum absolute atomic E-state index is 0.0918. The van der Waals surface area contributed by atoms with Gasteiger partial charge in [-0.2, -0.15) is 0 Å². The molecule has 0 spiro atoms. The second-order valence-electron chi connectivity index (χ2n) is 19.7. The van der Waals surface area contributed by atoms with E-state index >= 15 is 4.79 Å². The van der Waals surface area contributed by atoms with E-state index in [4.69, 9.17) is 44.1 Å². The largest absolute Gasteiger partial charge is 0.443 e. The molecule has 6 atom stereocenters. The molecule has 2 aliphatic heterocycles. The molecule has 6 aromatic rings. The summed E-state index contributed by atoms with van der Waals surface area (Å²) >= 11 is 13.9. The van der Waals surface area contributed by atoms with Crippen molar-refractivity contribution in [3.8, 4) is 22.5 Å². The Morgan fingerprint density at radius 3 is 1.38 bits per heavy atom. The number of carbonyl (C=O) groups is 3. The monoisotopic (exact) mass is 936 g/mol. The van der Waals surface area contributed by atoms with E-state index in [0.717, 1.165) is 21.9 Å². The predicted molar refractivity (Wildman–Crippen MR) is 259 cm³/mol. The van der Waals surface area contributed by atoms with E-state index in [1.807, 2.05) is 74.5 Å². The van der Waals surface area contributed by atoms with E-state index in [1.54, 1.807) is 53.7 Å². The van der Waals surface area contributed by atoms with E-state index in [2.05, 4.69) is 10.6 Å². The Kier molecular flexibility index (Phi) is 12.8. The van der Waals surface area contributed by atoms with Crippen LogP contribution in [0.3, 0.4) is 0 Å². The number of carbonyl (C=O) groups excluding carboxylic acids is 3. The molecule has 0 fully saturated rings. The van der Waals surface area contributed by atoms with Gasteiger partial charge in [-0.25, -0.2) is 18.7 Å². The van der Waals surface area contributed by atoms with Crippen molar-refractivity contribution in [1.29, 1.82) is 0 Å². The highest BCUT2D eigenvalue weighted by atomic mass is 35.5. The molecule has 13 nitrogen and oxygen atoms in total. The average molecular weight is 938 g/mol. The van der Waals surface area contributed by atoms with E-state index in [9.17, 15) is 19.8 Å². The van der Waals surface area contributed by atoms with Crippen molar-refractivity contribution in [2.45, 2.75) is 104 Å². The molecule has 8 N–H and O–H groups in total. The molecular weight excluding hydrogens is 880 g/mol. The summed E-state index contributed by atoms with van der Waals surface area (Å²) in [6.07, 6.45) is -1.21. The Morgan fingerprint density at radius 2 is 1.03 bits per heavy atom. The third-order valence-electron chi connectivity index (χ3n) is 12.6. The van der Waals surface area contributed by atoms with Crippen LogP contribution in [0.5, 0.6) is 0 Å². The number of halogens is 2. The minimum Gasteiger partial charge on any atom is -0.443 e. The number of nitrogens with one attached hydrogen (secondary N) is 2. The number of nitrogens with two attached hydrogens (primary N) is 2. The smallest absolute Gasteiger partial charge is 0.419 e. The maximum Gasteiger partial charge on any atom is 0.419 e. The summed E-state index contributed by atoms with van der Waals surface area (Å²) in [5, 5.41) is 29.0. The Labute approximate surface area is 394 Å². The highest BCUT2D eigenvalue weighted by molar-refractivity contribution is 6.32. The first-order valence-electron chi connectivity index (χ1n) is 22.3. The molecule has 0 saturated carbocycles. The molecule has 2 aliphatic rings. The van der Waals surface area contributed by atoms with Gasteiger partial charge in [0.25, 0.3) is 0 Å². The number of aliphatic hydroxyl groups is 2. The van der Waals surface area contributed by atoms with Crippen molar-refractivity contribution in [2.24, 2.45) is 23.3 Å². The predicted octanol–water partition coefficient (Wildman–Crippen LogP) is 9.62. The second-order valence-corrected chi connectivity index (χ2v) is 20.5. The molecule has 4 heterocycles. The van der Waals surface area contributed by atoms with Crippen LogP contribution in [0.1, 0.15) is 113 Å². The molecule has 0 radical (unpaired) electrons. The Hall–Kier alpha value is -5.09. The van der Waals surface area contributed by atoms with Crippen molar-refractivity contribution in [2.75, 3.05) is 13.2 Å². The third-order valence-corrected chi connectivity index (χ3v) is 13.3. The molecule has 0 saturated heterocycles. The molecule has 66 heavy (non-hydrogen) atoms. The molecule has 0 bridgehead atoms. The second kappa shape index (κ2) is 17.9. The molecule has 6 unspecified atom stereocenters. The van der Waals surface area contributed by atoms with Crippen LogP contribution in [0, 0.1) is 11.8 Å². The van der Waals surface area contributed by atoms with Crippen LogP contribution in [-0.2, 0) is 27.4 Å². The summed E-state index contributed by atoms with van der Waals surface area (Å²) in [6.45, 7) is 14.9. The zero-order valence-electron chi connectivity index (χ0n) is 38.5. The van der Waals surface area contributed by atoms with Crippen LogP contribution >= 0.6 is 23.2 Å². The zero-order valence-corrected chi connectivity index (χ0v) is 40.0. The van der Waals surface area contributed by atoms with Crippen molar-refractivity contribution in [3.05, 3.63) is 116 Å². The van der Waals surface area contributed by atoms with Gasteiger partial charge in [0.2, 0.25) is 0 Å². The van der Waals surface area contributed by atoms with Gasteiger partial charge >= 0.3 is 12.2 Å². The number of Topliss-reactive ketones (excluding diaryl/α,β-unsaturated/α-hetero) is 1. The van der Waals surface area contributed by atoms with Crippen molar-refractivity contribution in [1.82, 2.24) is 19.8 Å². The van der Waals surface area contributed by atoms with Gasteiger partial charge in [-0.05, 0) is 135 Å². The number of nitrogens with zero attached hydrogens (tertiary/aromatic N) is 2. The fourth-order valence-electron chi connectivity index (χ4n) is 9.18. The van der Waals surface area contributed by atoms with Gasteiger partial charge in [0.05, 0.1) is 34.5 Å². The first-order chi connectivity index (χ1) is 31.1. The fourth-order valence-corrected chi connectivity index (χ4v) is 9.64. The van der Waals surface area contributed by atoms with Crippen LogP contribution < -0.4 is 22.1 Å².